The number of rotatable bonds is 5. The van der Waals surface area contributed by atoms with Gasteiger partial charge in [-0.1, -0.05) is 6.08 Å². The Morgan fingerprint density at radius 1 is 1.62 bits per heavy atom. The Kier molecular flexibility index (Phi) is 4.45. The molecule has 1 heterocycles. The van der Waals surface area contributed by atoms with Crippen LogP contribution in [0.25, 0.3) is 0 Å². The zero-order chi connectivity index (χ0) is 12.1. The lowest BCUT2D eigenvalue weighted by molar-refractivity contribution is -0.142. The third-order valence-electron chi connectivity index (χ3n) is 2.44. The van der Waals surface area contributed by atoms with Crippen LogP contribution in [0.15, 0.2) is 12.7 Å². The van der Waals surface area contributed by atoms with Crippen molar-refractivity contribution in [3.8, 4) is 0 Å². The monoisotopic (exact) mass is 228 g/mol. The molecule has 4 N–H and O–H groups in total. The molecule has 1 aliphatic rings. The smallest absolute Gasteiger partial charge is 0.326 e. The number of nitrogens with one attached hydrogen (secondary N) is 2. The second-order valence-electron chi connectivity index (χ2n) is 3.77. The molecular weight excluding hydrogens is 212 g/mol. The molecule has 90 valence electrons. The number of carbonyl (C=O) groups is 2. The summed E-state index contributed by atoms with van der Waals surface area (Å²) in [4.78, 5) is 22.4. The molecule has 0 aliphatic carbocycles. The van der Waals surface area contributed by atoms with E-state index in [0.717, 1.165) is 0 Å². The maximum Gasteiger partial charge on any atom is 0.326 e. The highest BCUT2D eigenvalue weighted by atomic mass is 16.4. The number of carbonyl (C=O) groups excluding carboxylic acids is 1. The SMILES string of the molecule is C=CCC(NC(=O)C1CC(O)CN1)C(=O)O. The molecule has 3 unspecified atom stereocenters. The van der Waals surface area contributed by atoms with E-state index in [9.17, 15) is 14.7 Å². The molecule has 0 spiro atoms. The fraction of sp³-hybridized carbons (Fsp3) is 0.600. The second kappa shape index (κ2) is 5.62. The van der Waals surface area contributed by atoms with Gasteiger partial charge < -0.3 is 20.8 Å². The summed E-state index contributed by atoms with van der Waals surface area (Å²) < 4.78 is 0. The van der Waals surface area contributed by atoms with Crippen molar-refractivity contribution >= 4 is 11.9 Å². The summed E-state index contributed by atoms with van der Waals surface area (Å²) in [6, 6.07) is -1.47. The summed E-state index contributed by atoms with van der Waals surface area (Å²) in [5.41, 5.74) is 0. The van der Waals surface area contributed by atoms with Crippen molar-refractivity contribution in [3.63, 3.8) is 0 Å². The predicted molar refractivity (Wildman–Crippen MR) is 56.8 cm³/mol. The first-order chi connectivity index (χ1) is 7.54. The molecular formula is C10H16N2O4. The number of hydrogen-bond acceptors (Lipinski definition) is 4. The lowest BCUT2D eigenvalue weighted by Gasteiger charge is -2.16. The Hall–Kier alpha value is -1.40. The Morgan fingerprint density at radius 2 is 2.31 bits per heavy atom. The highest BCUT2D eigenvalue weighted by Crippen LogP contribution is 2.07. The minimum atomic E-state index is -1.09. The van der Waals surface area contributed by atoms with Gasteiger partial charge in [-0.3, -0.25) is 4.79 Å². The van der Waals surface area contributed by atoms with Gasteiger partial charge in [-0.2, -0.15) is 0 Å². The standard InChI is InChI=1S/C10H16N2O4/c1-2-3-7(10(15)16)12-9(14)8-4-6(13)5-11-8/h2,6-8,11,13H,1,3-5H2,(H,12,14)(H,15,16). The van der Waals surface area contributed by atoms with Gasteiger partial charge >= 0.3 is 5.97 Å². The number of β-amino-alcohol motifs (C(OH)–C–C–N with tert-alkyl or cyclic N) is 1. The van der Waals surface area contributed by atoms with Crippen LogP contribution in [-0.4, -0.2) is 46.8 Å². The van der Waals surface area contributed by atoms with Crippen molar-refractivity contribution in [2.75, 3.05) is 6.54 Å². The number of hydrogen-bond donors (Lipinski definition) is 4. The highest BCUT2D eigenvalue weighted by Gasteiger charge is 2.30. The number of aliphatic hydroxyl groups is 1. The van der Waals surface area contributed by atoms with E-state index in [1.54, 1.807) is 0 Å². The molecule has 6 heteroatoms. The van der Waals surface area contributed by atoms with Crippen molar-refractivity contribution < 1.29 is 19.8 Å². The largest absolute Gasteiger partial charge is 0.480 e. The molecule has 1 fully saturated rings. The van der Waals surface area contributed by atoms with Crippen LogP contribution in [0.1, 0.15) is 12.8 Å². The fourth-order valence-corrected chi connectivity index (χ4v) is 1.58. The number of carboxylic acid groups (broad SMARTS) is 1. The molecule has 0 radical (unpaired) electrons. The molecule has 1 amide bonds. The molecule has 1 aliphatic heterocycles. The van der Waals surface area contributed by atoms with Crippen molar-refractivity contribution in [1.82, 2.24) is 10.6 Å². The minimum absolute atomic E-state index is 0.177. The van der Waals surface area contributed by atoms with Crippen LogP contribution in [0.3, 0.4) is 0 Å². The van der Waals surface area contributed by atoms with Crippen LogP contribution >= 0.6 is 0 Å². The molecule has 1 rings (SSSR count). The van der Waals surface area contributed by atoms with Gasteiger partial charge in [0.2, 0.25) is 5.91 Å². The first-order valence-corrected chi connectivity index (χ1v) is 5.10. The number of carboxylic acids is 1. The molecule has 0 aromatic heterocycles. The maximum atomic E-state index is 11.6. The van der Waals surface area contributed by atoms with Crippen LogP contribution in [0.4, 0.5) is 0 Å². The number of aliphatic carboxylic acids is 1. The van der Waals surface area contributed by atoms with Crippen LogP contribution in [-0.2, 0) is 9.59 Å². The van der Waals surface area contributed by atoms with Gasteiger partial charge in [-0.15, -0.1) is 6.58 Å². The van der Waals surface area contributed by atoms with Crippen LogP contribution in [0.2, 0.25) is 0 Å². The van der Waals surface area contributed by atoms with Crippen LogP contribution < -0.4 is 10.6 Å². The van der Waals surface area contributed by atoms with Crippen LogP contribution in [0.5, 0.6) is 0 Å². The van der Waals surface area contributed by atoms with E-state index in [0.29, 0.717) is 13.0 Å². The molecule has 0 bridgehead atoms. The van der Waals surface area contributed by atoms with Gasteiger partial charge in [0, 0.05) is 6.54 Å². The average Bonchev–Trinajstić information content (AvgIpc) is 2.64. The van der Waals surface area contributed by atoms with Crippen molar-refractivity contribution in [1.29, 1.82) is 0 Å². The molecule has 0 aromatic rings. The quantitative estimate of drug-likeness (QED) is 0.446. The predicted octanol–water partition coefficient (Wildman–Crippen LogP) is -1.15. The zero-order valence-corrected chi connectivity index (χ0v) is 8.85. The van der Waals surface area contributed by atoms with E-state index in [1.807, 2.05) is 0 Å². The molecule has 3 atom stereocenters. The number of amides is 1. The van der Waals surface area contributed by atoms with E-state index in [4.69, 9.17) is 5.11 Å². The summed E-state index contributed by atoms with van der Waals surface area (Å²) in [5.74, 6) is -1.49. The first-order valence-electron chi connectivity index (χ1n) is 5.10. The first kappa shape index (κ1) is 12.7. The van der Waals surface area contributed by atoms with Crippen molar-refractivity contribution in [2.45, 2.75) is 31.0 Å². The van der Waals surface area contributed by atoms with E-state index >= 15 is 0 Å². The topological polar surface area (TPSA) is 98.7 Å². The highest BCUT2D eigenvalue weighted by molar-refractivity contribution is 5.87. The molecule has 16 heavy (non-hydrogen) atoms. The van der Waals surface area contributed by atoms with Gasteiger partial charge in [-0.25, -0.2) is 4.79 Å². The lowest BCUT2D eigenvalue weighted by atomic mass is 10.1. The Balaban J connectivity index is 2.48. The van der Waals surface area contributed by atoms with E-state index < -0.39 is 30.1 Å². The van der Waals surface area contributed by atoms with Gasteiger partial charge in [0.05, 0.1) is 12.1 Å². The summed E-state index contributed by atoms with van der Waals surface area (Å²) >= 11 is 0. The lowest BCUT2D eigenvalue weighted by Crippen LogP contribution is -2.48. The molecule has 6 nitrogen and oxygen atoms in total. The van der Waals surface area contributed by atoms with E-state index in [2.05, 4.69) is 17.2 Å². The Morgan fingerprint density at radius 3 is 2.75 bits per heavy atom. The minimum Gasteiger partial charge on any atom is -0.480 e. The van der Waals surface area contributed by atoms with E-state index in [-0.39, 0.29) is 6.42 Å². The summed E-state index contributed by atoms with van der Waals surface area (Å²) in [5, 5.41) is 23.2. The third kappa shape index (κ3) is 3.32. The zero-order valence-electron chi connectivity index (χ0n) is 8.85. The Bertz CT molecular complexity index is 293. The third-order valence-corrected chi connectivity index (χ3v) is 2.44. The van der Waals surface area contributed by atoms with Gasteiger partial charge in [-0.05, 0) is 12.8 Å². The van der Waals surface area contributed by atoms with Crippen molar-refractivity contribution in [2.24, 2.45) is 0 Å². The van der Waals surface area contributed by atoms with Gasteiger partial charge in [0.25, 0.3) is 0 Å². The van der Waals surface area contributed by atoms with Crippen LogP contribution in [0, 0.1) is 0 Å². The molecule has 1 saturated heterocycles. The van der Waals surface area contributed by atoms with Gasteiger partial charge in [0.1, 0.15) is 6.04 Å². The summed E-state index contributed by atoms with van der Waals surface area (Å²) in [6.45, 7) is 3.79. The molecule has 0 saturated carbocycles. The average molecular weight is 228 g/mol. The second-order valence-corrected chi connectivity index (χ2v) is 3.77. The fourth-order valence-electron chi connectivity index (χ4n) is 1.58. The normalized spacial score (nSPS) is 26.1. The number of aliphatic hydroxyl groups excluding tert-OH is 1. The summed E-state index contributed by atoms with van der Waals surface area (Å²) in [6.07, 6.45) is 1.39. The van der Waals surface area contributed by atoms with Gasteiger partial charge in [0.15, 0.2) is 0 Å². The Labute approximate surface area is 93.3 Å². The maximum absolute atomic E-state index is 11.6. The summed E-state index contributed by atoms with van der Waals surface area (Å²) in [7, 11) is 0. The van der Waals surface area contributed by atoms with E-state index in [1.165, 1.54) is 6.08 Å². The van der Waals surface area contributed by atoms with Crippen molar-refractivity contribution in [3.05, 3.63) is 12.7 Å². The molecule has 0 aromatic carbocycles.